The summed E-state index contributed by atoms with van der Waals surface area (Å²) in [5, 5.41) is 2.86. The van der Waals surface area contributed by atoms with Crippen LogP contribution in [-0.2, 0) is 11.2 Å². The average Bonchev–Trinajstić information content (AvgIpc) is 3.20. The Balaban J connectivity index is 1.89. The summed E-state index contributed by atoms with van der Waals surface area (Å²) in [5.41, 5.74) is 6.00. The first-order chi connectivity index (χ1) is 9.11. The fourth-order valence-electron chi connectivity index (χ4n) is 2.12. The van der Waals surface area contributed by atoms with Crippen molar-refractivity contribution in [2.45, 2.75) is 19.3 Å². The van der Waals surface area contributed by atoms with Gasteiger partial charge in [-0.2, -0.15) is 0 Å². The van der Waals surface area contributed by atoms with E-state index in [4.69, 9.17) is 10.5 Å². The van der Waals surface area contributed by atoms with E-state index in [9.17, 15) is 9.18 Å². The molecule has 1 aliphatic carbocycles. The van der Waals surface area contributed by atoms with Gasteiger partial charge < -0.3 is 15.8 Å². The second-order valence-electron chi connectivity index (χ2n) is 4.95. The third-order valence-electron chi connectivity index (χ3n) is 3.65. The van der Waals surface area contributed by atoms with Crippen molar-refractivity contribution in [3.8, 4) is 5.75 Å². The lowest BCUT2D eigenvalue weighted by Gasteiger charge is -2.13. The molecule has 0 radical (unpaired) electrons. The molecule has 1 aliphatic rings. The molecule has 0 saturated heterocycles. The van der Waals surface area contributed by atoms with E-state index in [1.54, 1.807) is 13.2 Å². The number of rotatable bonds is 6. The molecule has 0 heterocycles. The predicted octanol–water partition coefficient (Wildman–Crippen LogP) is 1.23. The normalized spacial score (nSPS) is 15.9. The Morgan fingerprint density at radius 3 is 2.84 bits per heavy atom. The average molecular weight is 266 g/mol. The van der Waals surface area contributed by atoms with Crippen LogP contribution in [0.15, 0.2) is 18.2 Å². The molecule has 1 aromatic carbocycles. The first-order valence-electron chi connectivity index (χ1n) is 6.42. The molecule has 2 rings (SSSR count). The Labute approximate surface area is 112 Å². The van der Waals surface area contributed by atoms with Crippen molar-refractivity contribution < 1.29 is 13.9 Å². The minimum Gasteiger partial charge on any atom is -0.496 e. The van der Waals surface area contributed by atoms with Gasteiger partial charge in [0.2, 0.25) is 5.91 Å². The number of methoxy groups -OCH3 is 1. The zero-order valence-electron chi connectivity index (χ0n) is 11.0. The van der Waals surface area contributed by atoms with Crippen LogP contribution in [0.2, 0.25) is 0 Å². The summed E-state index contributed by atoms with van der Waals surface area (Å²) in [4.78, 5) is 11.9. The summed E-state index contributed by atoms with van der Waals surface area (Å²) < 4.78 is 18.3. The second kappa shape index (κ2) is 5.57. The first-order valence-corrected chi connectivity index (χ1v) is 6.42. The van der Waals surface area contributed by atoms with Crippen molar-refractivity contribution in [1.29, 1.82) is 0 Å². The fourth-order valence-corrected chi connectivity index (χ4v) is 2.12. The van der Waals surface area contributed by atoms with E-state index >= 15 is 0 Å². The number of hydrogen-bond donors (Lipinski definition) is 2. The smallest absolute Gasteiger partial charge is 0.227 e. The van der Waals surface area contributed by atoms with Gasteiger partial charge in [-0.15, -0.1) is 0 Å². The van der Waals surface area contributed by atoms with Crippen LogP contribution in [0.25, 0.3) is 0 Å². The van der Waals surface area contributed by atoms with Crippen molar-refractivity contribution in [3.05, 3.63) is 29.6 Å². The number of carbonyl (C=O) groups excluding carboxylic acids is 1. The highest BCUT2D eigenvalue weighted by molar-refractivity contribution is 5.85. The molecular weight excluding hydrogens is 247 g/mol. The third kappa shape index (κ3) is 3.04. The summed E-state index contributed by atoms with van der Waals surface area (Å²) >= 11 is 0. The summed E-state index contributed by atoms with van der Waals surface area (Å²) in [5.74, 6) is 0.337. The van der Waals surface area contributed by atoms with Gasteiger partial charge in [-0.25, -0.2) is 4.39 Å². The number of halogens is 1. The largest absolute Gasteiger partial charge is 0.496 e. The molecular formula is C14H19FN2O2. The number of ether oxygens (including phenoxy) is 1. The summed E-state index contributed by atoms with van der Waals surface area (Å²) in [6.07, 6.45) is 2.25. The van der Waals surface area contributed by atoms with Crippen molar-refractivity contribution in [1.82, 2.24) is 5.32 Å². The monoisotopic (exact) mass is 266 g/mol. The Bertz CT molecular complexity index is 473. The van der Waals surface area contributed by atoms with Crippen LogP contribution < -0.4 is 15.8 Å². The summed E-state index contributed by atoms with van der Waals surface area (Å²) in [6, 6.07) is 4.38. The maximum absolute atomic E-state index is 13.2. The molecule has 104 valence electrons. The zero-order valence-corrected chi connectivity index (χ0v) is 11.0. The molecule has 0 aliphatic heterocycles. The van der Waals surface area contributed by atoms with Crippen molar-refractivity contribution in [3.63, 3.8) is 0 Å². The van der Waals surface area contributed by atoms with E-state index in [0.717, 1.165) is 18.4 Å². The number of amides is 1. The molecule has 5 heteroatoms. The Hall–Kier alpha value is -1.62. The molecule has 1 saturated carbocycles. The highest BCUT2D eigenvalue weighted by Crippen LogP contribution is 2.44. The molecule has 3 N–H and O–H groups in total. The summed E-state index contributed by atoms with van der Waals surface area (Å²) in [7, 11) is 1.54. The van der Waals surface area contributed by atoms with Crippen LogP contribution in [0.5, 0.6) is 5.75 Å². The predicted molar refractivity (Wildman–Crippen MR) is 70.4 cm³/mol. The lowest BCUT2D eigenvalue weighted by atomic mass is 10.1. The maximum Gasteiger partial charge on any atom is 0.227 e. The van der Waals surface area contributed by atoms with Crippen molar-refractivity contribution in [2.24, 2.45) is 11.1 Å². The van der Waals surface area contributed by atoms with E-state index in [-0.39, 0.29) is 17.1 Å². The molecule has 0 unspecified atom stereocenters. The number of benzene rings is 1. The van der Waals surface area contributed by atoms with Crippen molar-refractivity contribution >= 4 is 5.91 Å². The first kappa shape index (κ1) is 13.8. The van der Waals surface area contributed by atoms with Crippen LogP contribution in [0, 0.1) is 11.2 Å². The maximum atomic E-state index is 13.2. The van der Waals surface area contributed by atoms with Crippen LogP contribution in [0.4, 0.5) is 4.39 Å². The van der Waals surface area contributed by atoms with Gasteiger partial charge in [0.05, 0.1) is 12.5 Å². The molecule has 0 atom stereocenters. The summed E-state index contributed by atoms with van der Waals surface area (Å²) in [6.45, 7) is 0.850. The SMILES string of the molecule is COc1ccc(F)cc1CCNC(=O)C1(CN)CC1. The minimum atomic E-state index is -0.341. The molecule has 19 heavy (non-hydrogen) atoms. The molecule has 1 fully saturated rings. The molecule has 0 spiro atoms. The van der Waals surface area contributed by atoms with Crippen LogP contribution in [0.3, 0.4) is 0 Å². The highest BCUT2D eigenvalue weighted by Gasteiger charge is 2.48. The molecule has 1 amide bonds. The number of hydrogen-bond acceptors (Lipinski definition) is 3. The molecule has 0 bridgehead atoms. The number of carbonyl (C=O) groups is 1. The van der Waals surface area contributed by atoms with Gasteiger partial charge in [0.25, 0.3) is 0 Å². The highest BCUT2D eigenvalue weighted by atomic mass is 19.1. The topological polar surface area (TPSA) is 64.3 Å². The molecule has 0 aromatic heterocycles. The minimum absolute atomic E-state index is 0.00497. The Morgan fingerprint density at radius 2 is 2.26 bits per heavy atom. The van der Waals surface area contributed by atoms with Crippen LogP contribution in [0.1, 0.15) is 18.4 Å². The lowest BCUT2D eigenvalue weighted by Crippen LogP contribution is -2.37. The lowest BCUT2D eigenvalue weighted by molar-refractivity contribution is -0.125. The van der Waals surface area contributed by atoms with E-state index in [2.05, 4.69) is 5.32 Å². The van der Waals surface area contributed by atoms with Gasteiger partial charge in [-0.1, -0.05) is 0 Å². The van der Waals surface area contributed by atoms with Gasteiger partial charge in [-0.3, -0.25) is 4.79 Å². The fraction of sp³-hybridized carbons (Fsp3) is 0.500. The van der Waals surface area contributed by atoms with Gasteiger partial charge in [0.1, 0.15) is 11.6 Å². The third-order valence-corrected chi connectivity index (χ3v) is 3.65. The van der Waals surface area contributed by atoms with Gasteiger partial charge in [0, 0.05) is 13.1 Å². The van der Waals surface area contributed by atoms with Crippen molar-refractivity contribution in [2.75, 3.05) is 20.2 Å². The van der Waals surface area contributed by atoms with Crippen LogP contribution in [-0.4, -0.2) is 26.1 Å². The molecule has 4 nitrogen and oxygen atoms in total. The van der Waals surface area contributed by atoms with E-state index in [1.807, 2.05) is 0 Å². The zero-order chi connectivity index (χ0) is 13.9. The number of nitrogens with two attached hydrogens (primary N) is 1. The van der Waals surface area contributed by atoms with E-state index in [0.29, 0.717) is 25.3 Å². The standard InChI is InChI=1S/C14H19FN2O2/c1-19-12-3-2-11(15)8-10(12)4-7-17-13(18)14(9-16)5-6-14/h2-3,8H,4-7,9,16H2,1H3,(H,17,18). The van der Waals surface area contributed by atoms with Gasteiger partial charge >= 0.3 is 0 Å². The number of nitrogens with one attached hydrogen (secondary N) is 1. The van der Waals surface area contributed by atoms with Gasteiger partial charge in [0.15, 0.2) is 0 Å². The Kier molecular flexibility index (Phi) is 4.04. The van der Waals surface area contributed by atoms with Gasteiger partial charge in [-0.05, 0) is 43.0 Å². The van der Waals surface area contributed by atoms with E-state index in [1.165, 1.54) is 12.1 Å². The van der Waals surface area contributed by atoms with E-state index < -0.39 is 0 Å². The molecule has 1 aromatic rings. The second-order valence-corrected chi connectivity index (χ2v) is 4.95. The Morgan fingerprint density at radius 1 is 1.53 bits per heavy atom. The quantitative estimate of drug-likeness (QED) is 0.814. The van der Waals surface area contributed by atoms with Crippen LogP contribution >= 0.6 is 0 Å².